The fourth-order valence-corrected chi connectivity index (χ4v) is 3.39. The number of carboxylic acid groups (broad SMARTS) is 1. The Balaban J connectivity index is 2.04. The number of rotatable bonds is 6. The Kier molecular flexibility index (Phi) is 4.61. The van der Waals surface area contributed by atoms with Crippen LogP contribution in [0.5, 0.6) is 5.75 Å². The highest BCUT2D eigenvalue weighted by atomic mass is 32.1. The van der Waals surface area contributed by atoms with Gasteiger partial charge in [-0.25, -0.2) is 14.8 Å². The van der Waals surface area contributed by atoms with Crippen LogP contribution in [-0.4, -0.2) is 27.7 Å². The highest BCUT2D eigenvalue weighted by molar-refractivity contribution is 7.20. The van der Waals surface area contributed by atoms with Gasteiger partial charge in [-0.15, -0.1) is 11.3 Å². The van der Waals surface area contributed by atoms with E-state index in [0.717, 1.165) is 34.6 Å². The van der Waals surface area contributed by atoms with E-state index in [1.165, 1.54) is 6.33 Å². The van der Waals surface area contributed by atoms with Gasteiger partial charge in [-0.2, -0.15) is 0 Å². The van der Waals surface area contributed by atoms with Gasteiger partial charge in [0.2, 0.25) is 0 Å². The number of carboxylic acids is 1. The summed E-state index contributed by atoms with van der Waals surface area (Å²) >= 11 is 1.15. The van der Waals surface area contributed by atoms with Gasteiger partial charge in [-0.3, -0.25) is 0 Å². The van der Waals surface area contributed by atoms with Crippen LogP contribution in [0.2, 0.25) is 0 Å². The lowest BCUT2D eigenvalue weighted by atomic mass is 10.2. The lowest BCUT2D eigenvalue weighted by Gasteiger charge is -2.13. The first-order chi connectivity index (χ1) is 11.6. The zero-order chi connectivity index (χ0) is 17.1. The van der Waals surface area contributed by atoms with Crippen molar-refractivity contribution in [3.05, 3.63) is 41.0 Å². The second-order valence-corrected chi connectivity index (χ2v) is 6.23. The number of aryl methyl sites for hydroxylation is 1. The van der Waals surface area contributed by atoms with Crippen LogP contribution >= 0.6 is 11.3 Å². The molecule has 0 saturated heterocycles. The molecule has 0 radical (unpaired) electrons. The van der Waals surface area contributed by atoms with Crippen LogP contribution in [0.1, 0.15) is 28.6 Å². The minimum absolute atomic E-state index is 0.282. The molecule has 0 unspecified atom stereocenters. The molecule has 0 bridgehead atoms. The van der Waals surface area contributed by atoms with Crippen molar-refractivity contribution in [2.45, 2.75) is 20.3 Å². The number of ether oxygens (including phenoxy) is 1. The number of nitrogens with zero attached hydrogens (tertiary/aromatic N) is 2. The minimum atomic E-state index is -0.951. The molecule has 0 aliphatic rings. The summed E-state index contributed by atoms with van der Waals surface area (Å²) < 4.78 is 5.75. The van der Waals surface area contributed by atoms with Gasteiger partial charge in [0.05, 0.1) is 17.7 Å². The molecular formula is C17H17N3O3S. The average molecular weight is 343 g/mol. The first-order valence-corrected chi connectivity index (χ1v) is 8.39. The second-order valence-electron chi connectivity index (χ2n) is 5.23. The first-order valence-electron chi connectivity index (χ1n) is 7.58. The molecule has 2 heterocycles. The van der Waals surface area contributed by atoms with E-state index >= 15 is 0 Å². The third kappa shape index (κ3) is 3.03. The largest absolute Gasteiger partial charge is 0.491 e. The fourth-order valence-electron chi connectivity index (χ4n) is 2.41. The number of para-hydroxylation sites is 2. The molecule has 0 spiro atoms. The van der Waals surface area contributed by atoms with Crippen LogP contribution in [0.3, 0.4) is 0 Å². The Morgan fingerprint density at radius 2 is 2.12 bits per heavy atom. The van der Waals surface area contributed by atoms with E-state index in [1.807, 2.05) is 31.2 Å². The van der Waals surface area contributed by atoms with Crippen molar-refractivity contribution in [1.29, 1.82) is 0 Å². The van der Waals surface area contributed by atoms with Crippen molar-refractivity contribution < 1.29 is 14.6 Å². The molecule has 1 aromatic carbocycles. The number of hydrogen-bond donors (Lipinski definition) is 2. The average Bonchev–Trinajstić information content (AvgIpc) is 2.92. The fraction of sp³-hybridized carbons (Fsp3) is 0.235. The molecule has 6 nitrogen and oxygen atoms in total. The molecule has 0 saturated carbocycles. The van der Waals surface area contributed by atoms with Gasteiger partial charge < -0.3 is 15.2 Å². The monoisotopic (exact) mass is 343 g/mol. The lowest BCUT2D eigenvalue weighted by Crippen LogP contribution is -2.01. The summed E-state index contributed by atoms with van der Waals surface area (Å²) in [5.41, 5.74) is 1.45. The third-order valence-electron chi connectivity index (χ3n) is 3.52. The smallest absolute Gasteiger partial charge is 0.346 e. The standard InChI is InChI=1S/C17H17N3O3S/c1-3-8-23-12-7-5-4-6-11(12)20-15-13-10(2)14(17(21)22)24-16(13)19-9-18-15/h4-7,9H,3,8H2,1-2H3,(H,21,22)(H,18,19,20). The zero-order valence-electron chi connectivity index (χ0n) is 13.4. The van der Waals surface area contributed by atoms with Crippen molar-refractivity contribution in [3.63, 3.8) is 0 Å². The van der Waals surface area contributed by atoms with E-state index in [4.69, 9.17) is 4.74 Å². The summed E-state index contributed by atoms with van der Waals surface area (Å²) in [5.74, 6) is 0.361. The second kappa shape index (κ2) is 6.84. The number of nitrogens with one attached hydrogen (secondary N) is 1. The summed E-state index contributed by atoms with van der Waals surface area (Å²) in [4.78, 5) is 20.8. The number of anilines is 2. The summed E-state index contributed by atoms with van der Waals surface area (Å²) in [5, 5.41) is 13.3. The van der Waals surface area contributed by atoms with Crippen LogP contribution in [-0.2, 0) is 0 Å². The molecule has 0 atom stereocenters. The Hall–Kier alpha value is -2.67. The van der Waals surface area contributed by atoms with Crippen LogP contribution < -0.4 is 10.1 Å². The number of thiophene rings is 1. The van der Waals surface area contributed by atoms with E-state index < -0.39 is 5.97 Å². The maximum Gasteiger partial charge on any atom is 0.346 e. The van der Waals surface area contributed by atoms with E-state index in [9.17, 15) is 9.90 Å². The predicted molar refractivity (Wildman–Crippen MR) is 94.6 cm³/mol. The maximum atomic E-state index is 11.4. The quantitative estimate of drug-likeness (QED) is 0.697. The summed E-state index contributed by atoms with van der Waals surface area (Å²) in [6.07, 6.45) is 2.35. The SMILES string of the molecule is CCCOc1ccccc1Nc1ncnc2sc(C(=O)O)c(C)c12. The number of fused-ring (bicyclic) bond motifs is 1. The van der Waals surface area contributed by atoms with Gasteiger partial charge in [0, 0.05) is 0 Å². The molecule has 3 rings (SSSR count). The van der Waals surface area contributed by atoms with Crippen molar-refractivity contribution >= 4 is 39.0 Å². The van der Waals surface area contributed by atoms with E-state index in [0.29, 0.717) is 22.8 Å². The van der Waals surface area contributed by atoms with Crippen molar-refractivity contribution in [2.75, 3.05) is 11.9 Å². The van der Waals surface area contributed by atoms with E-state index in [-0.39, 0.29) is 4.88 Å². The highest BCUT2D eigenvalue weighted by Gasteiger charge is 2.19. The third-order valence-corrected chi connectivity index (χ3v) is 4.71. The molecule has 124 valence electrons. The van der Waals surface area contributed by atoms with Gasteiger partial charge in [-0.1, -0.05) is 19.1 Å². The molecule has 7 heteroatoms. The molecular weight excluding hydrogens is 326 g/mol. The Labute approximate surface area is 143 Å². The highest BCUT2D eigenvalue weighted by Crippen LogP contribution is 2.36. The van der Waals surface area contributed by atoms with Crippen LogP contribution in [0.25, 0.3) is 10.2 Å². The summed E-state index contributed by atoms with van der Waals surface area (Å²) in [6, 6.07) is 7.60. The van der Waals surface area contributed by atoms with E-state index in [1.54, 1.807) is 6.92 Å². The molecule has 3 aromatic rings. The molecule has 0 aliphatic heterocycles. The Morgan fingerprint density at radius 1 is 1.33 bits per heavy atom. The van der Waals surface area contributed by atoms with Gasteiger partial charge in [0.25, 0.3) is 0 Å². The minimum Gasteiger partial charge on any atom is -0.491 e. The molecule has 2 aromatic heterocycles. The molecule has 0 aliphatic carbocycles. The zero-order valence-corrected chi connectivity index (χ0v) is 14.2. The Morgan fingerprint density at radius 3 is 2.88 bits per heavy atom. The Bertz CT molecular complexity index is 892. The normalized spacial score (nSPS) is 10.8. The lowest BCUT2D eigenvalue weighted by molar-refractivity contribution is 0.0701. The van der Waals surface area contributed by atoms with Crippen molar-refractivity contribution in [1.82, 2.24) is 9.97 Å². The van der Waals surface area contributed by atoms with Crippen LogP contribution in [0.15, 0.2) is 30.6 Å². The van der Waals surface area contributed by atoms with Crippen molar-refractivity contribution in [2.24, 2.45) is 0 Å². The van der Waals surface area contributed by atoms with Crippen LogP contribution in [0, 0.1) is 6.92 Å². The van der Waals surface area contributed by atoms with E-state index in [2.05, 4.69) is 15.3 Å². The van der Waals surface area contributed by atoms with Gasteiger partial charge in [0.1, 0.15) is 27.6 Å². The summed E-state index contributed by atoms with van der Waals surface area (Å²) in [7, 11) is 0. The molecule has 24 heavy (non-hydrogen) atoms. The number of carbonyl (C=O) groups is 1. The van der Waals surface area contributed by atoms with Crippen molar-refractivity contribution in [3.8, 4) is 5.75 Å². The topological polar surface area (TPSA) is 84.3 Å². The summed E-state index contributed by atoms with van der Waals surface area (Å²) in [6.45, 7) is 4.45. The number of benzene rings is 1. The van der Waals surface area contributed by atoms with Gasteiger partial charge in [0.15, 0.2) is 0 Å². The molecule has 2 N–H and O–H groups in total. The predicted octanol–water partition coefficient (Wildman–Crippen LogP) is 4.23. The first kappa shape index (κ1) is 16.2. The molecule has 0 fully saturated rings. The number of hydrogen-bond acceptors (Lipinski definition) is 6. The molecule has 0 amide bonds. The number of aromatic carboxylic acids is 1. The number of aromatic nitrogens is 2. The maximum absolute atomic E-state index is 11.4. The van der Waals surface area contributed by atoms with Crippen LogP contribution in [0.4, 0.5) is 11.5 Å². The van der Waals surface area contributed by atoms with Gasteiger partial charge >= 0.3 is 5.97 Å². The van der Waals surface area contributed by atoms with Gasteiger partial charge in [-0.05, 0) is 31.0 Å².